The van der Waals surface area contributed by atoms with Gasteiger partial charge in [-0.3, -0.25) is 4.79 Å². The highest BCUT2D eigenvalue weighted by molar-refractivity contribution is 5.99. The van der Waals surface area contributed by atoms with Crippen LogP contribution in [-0.2, 0) is 27.2 Å². The van der Waals surface area contributed by atoms with Gasteiger partial charge in [0.2, 0.25) is 6.54 Å². The molecule has 0 saturated heterocycles. The van der Waals surface area contributed by atoms with Crippen molar-refractivity contribution in [3.63, 3.8) is 0 Å². The fourth-order valence-corrected chi connectivity index (χ4v) is 2.37. The van der Waals surface area contributed by atoms with Crippen molar-refractivity contribution in [2.75, 3.05) is 19.5 Å². The fraction of sp³-hybridized carbons (Fsp3) is 0.263. The molecule has 0 radical (unpaired) electrons. The van der Waals surface area contributed by atoms with Crippen LogP contribution in [0.5, 0.6) is 0 Å². The standard InChI is InChI=1S/C19H20N2O5/c1-4-13-5-7-21(8-6-13)12-17(22)20-16-10-14(18(23)25-2)9-15(11-16)19(24)26-3/h5-11H,4,12H2,1-3H3/p+1. The highest BCUT2D eigenvalue weighted by Gasteiger charge is 2.16. The predicted molar refractivity (Wildman–Crippen MR) is 93.8 cm³/mol. The Morgan fingerprint density at radius 3 is 1.96 bits per heavy atom. The van der Waals surface area contributed by atoms with Gasteiger partial charge in [-0.05, 0) is 30.2 Å². The van der Waals surface area contributed by atoms with E-state index in [2.05, 4.69) is 21.7 Å². The average Bonchev–Trinajstić information content (AvgIpc) is 2.66. The summed E-state index contributed by atoms with van der Waals surface area (Å²) in [5.74, 6) is -1.52. The maximum Gasteiger partial charge on any atom is 0.337 e. The average molecular weight is 357 g/mol. The quantitative estimate of drug-likeness (QED) is 0.629. The summed E-state index contributed by atoms with van der Waals surface area (Å²) in [6.45, 7) is 2.15. The molecule has 26 heavy (non-hydrogen) atoms. The van der Waals surface area contributed by atoms with Gasteiger partial charge >= 0.3 is 11.9 Å². The largest absolute Gasteiger partial charge is 0.465 e. The second kappa shape index (κ2) is 8.75. The molecule has 0 aliphatic carbocycles. The van der Waals surface area contributed by atoms with Crippen LogP contribution in [0.1, 0.15) is 33.2 Å². The van der Waals surface area contributed by atoms with Crippen molar-refractivity contribution < 1.29 is 28.4 Å². The molecule has 0 aliphatic heterocycles. The molecule has 1 heterocycles. The van der Waals surface area contributed by atoms with Gasteiger partial charge in [-0.2, -0.15) is 4.57 Å². The lowest BCUT2D eigenvalue weighted by molar-refractivity contribution is -0.684. The number of nitrogens with zero attached hydrogens (tertiary/aromatic N) is 1. The minimum Gasteiger partial charge on any atom is -0.465 e. The number of esters is 2. The third kappa shape index (κ3) is 4.89. The molecule has 0 aliphatic rings. The lowest BCUT2D eigenvalue weighted by Crippen LogP contribution is -2.39. The first-order valence-electron chi connectivity index (χ1n) is 8.06. The number of amides is 1. The van der Waals surface area contributed by atoms with E-state index in [0.717, 1.165) is 6.42 Å². The zero-order valence-electron chi connectivity index (χ0n) is 14.9. The molecule has 1 amide bonds. The van der Waals surface area contributed by atoms with E-state index in [-0.39, 0.29) is 23.6 Å². The monoisotopic (exact) mass is 357 g/mol. The Bertz CT molecular complexity index is 781. The topological polar surface area (TPSA) is 85.6 Å². The number of nitrogens with one attached hydrogen (secondary N) is 1. The molecule has 0 saturated carbocycles. The summed E-state index contributed by atoms with van der Waals surface area (Å²) in [5.41, 5.74) is 1.77. The maximum absolute atomic E-state index is 12.3. The Balaban J connectivity index is 2.19. The maximum atomic E-state index is 12.3. The van der Waals surface area contributed by atoms with Crippen molar-refractivity contribution in [1.82, 2.24) is 0 Å². The van der Waals surface area contributed by atoms with Crippen molar-refractivity contribution in [3.8, 4) is 0 Å². The molecule has 1 N–H and O–H groups in total. The van der Waals surface area contributed by atoms with Crippen LogP contribution in [0.25, 0.3) is 0 Å². The van der Waals surface area contributed by atoms with Gasteiger partial charge < -0.3 is 14.8 Å². The minimum atomic E-state index is -0.615. The molecule has 0 atom stereocenters. The third-order valence-electron chi connectivity index (χ3n) is 3.75. The van der Waals surface area contributed by atoms with Gasteiger partial charge in [0.05, 0.1) is 25.3 Å². The number of pyridine rings is 1. The zero-order chi connectivity index (χ0) is 19.1. The SMILES string of the molecule is CCc1cc[n+](CC(=O)Nc2cc(C(=O)OC)cc(C(=O)OC)c2)cc1. The van der Waals surface area contributed by atoms with Gasteiger partial charge in [-0.25, -0.2) is 9.59 Å². The second-order valence-corrected chi connectivity index (χ2v) is 5.56. The normalized spacial score (nSPS) is 10.1. The number of anilines is 1. The van der Waals surface area contributed by atoms with Crippen molar-refractivity contribution in [2.24, 2.45) is 0 Å². The van der Waals surface area contributed by atoms with E-state index in [1.54, 1.807) is 4.57 Å². The molecular weight excluding hydrogens is 336 g/mol. The Labute approximate surface area is 151 Å². The van der Waals surface area contributed by atoms with Crippen molar-refractivity contribution in [1.29, 1.82) is 0 Å². The summed E-state index contributed by atoms with van der Waals surface area (Å²) in [5, 5.41) is 2.68. The second-order valence-electron chi connectivity index (χ2n) is 5.56. The van der Waals surface area contributed by atoms with Crippen molar-refractivity contribution >= 4 is 23.5 Å². The lowest BCUT2D eigenvalue weighted by Gasteiger charge is -2.08. The first-order chi connectivity index (χ1) is 12.5. The van der Waals surface area contributed by atoms with E-state index in [4.69, 9.17) is 0 Å². The van der Waals surface area contributed by atoms with Gasteiger partial charge in [0.1, 0.15) is 0 Å². The van der Waals surface area contributed by atoms with E-state index in [0.29, 0.717) is 5.69 Å². The van der Waals surface area contributed by atoms with Crippen LogP contribution in [0.3, 0.4) is 0 Å². The molecule has 0 spiro atoms. The van der Waals surface area contributed by atoms with Gasteiger partial charge in [0.25, 0.3) is 5.91 Å². The Morgan fingerprint density at radius 2 is 1.50 bits per heavy atom. The number of aryl methyl sites for hydroxylation is 1. The summed E-state index contributed by atoms with van der Waals surface area (Å²) >= 11 is 0. The summed E-state index contributed by atoms with van der Waals surface area (Å²) in [4.78, 5) is 35.8. The Morgan fingerprint density at radius 1 is 0.962 bits per heavy atom. The molecule has 0 fully saturated rings. The number of hydrogen-bond acceptors (Lipinski definition) is 5. The van der Waals surface area contributed by atoms with Gasteiger partial charge in [-0.15, -0.1) is 0 Å². The molecule has 2 aromatic rings. The molecule has 136 valence electrons. The summed E-state index contributed by atoms with van der Waals surface area (Å²) in [7, 11) is 2.48. The van der Waals surface area contributed by atoms with Crippen LogP contribution in [0.4, 0.5) is 5.69 Å². The van der Waals surface area contributed by atoms with Gasteiger partial charge in [-0.1, -0.05) is 6.92 Å². The van der Waals surface area contributed by atoms with E-state index >= 15 is 0 Å². The fourth-order valence-electron chi connectivity index (χ4n) is 2.37. The number of carbonyl (C=O) groups excluding carboxylic acids is 3. The van der Waals surface area contributed by atoms with E-state index in [1.165, 1.54) is 38.0 Å². The smallest absolute Gasteiger partial charge is 0.337 e. The molecule has 1 aromatic heterocycles. The van der Waals surface area contributed by atoms with Crippen LogP contribution >= 0.6 is 0 Å². The predicted octanol–water partition coefficient (Wildman–Crippen LogP) is 1.75. The highest BCUT2D eigenvalue weighted by Crippen LogP contribution is 2.17. The van der Waals surface area contributed by atoms with Crippen LogP contribution in [0.2, 0.25) is 0 Å². The lowest BCUT2D eigenvalue weighted by atomic mass is 10.1. The van der Waals surface area contributed by atoms with Gasteiger partial charge in [0, 0.05) is 17.8 Å². The third-order valence-corrected chi connectivity index (χ3v) is 3.75. The first-order valence-corrected chi connectivity index (χ1v) is 8.06. The number of aromatic nitrogens is 1. The number of ether oxygens (including phenoxy) is 2. The number of rotatable bonds is 6. The van der Waals surface area contributed by atoms with Crippen LogP contribution in [0, 0.1) is 0 Å². The Hall–Kier alpha value is -3.22. The zero-order valence-corrected chi connectivity index (χ0v) is 14.9. The van der Waals surface area contributed by atoms with E-state index in [9.17, 15) is 14.4 Å². The highest BCUT2D eigenvalue weighted by atomic mass is 16.5. The molecule has 0 bridgehead atoms. The molecule has 7 heteroatoms. The van der Waals surface area contributed by atoms with Crippen LogP contribution in [0.15, 0.2) is 42.7 Å². The molecule has 1 aromatic carbocycles. The number of hydrogen-bond donors (Lipinski definition) is 1. The molecule has 0 unspecified atom stereocenters. The van der Waals surface area contributed by atoms with E-state index < -0.39 is 11.9 Å². The molecule has 2 rings (SSSR count). The van der Waals surface area contributed by atoms with Crippen LogP contribution < -0.4 is 9.88 Å². The number of carbonyl (C=O) groups is 3. The van der Waals surface area contributed by atoms with Gasteiger partial charge in [0.15, 0.2) is 12.4 Å². The molecular formula is C19H21N2O5+. The van der Waals surface area contributed by atoms with Crippen molar-refractivity contribution in [3.05, 3.63) is 59.4 Å². The van der Waals surface area contributed by atoms with Crippen LogP contribution in [-0.4, -0.2) is 32.1 Å². The summed E-state index contributed by atoms with van der Waals surface area (Å²) in [6, 6.07) is 8.13. The summed E-state index contributed by atoms with van der Waals surface area (Å²) < 4.78 is 11.1. The molecule has 7 nitrogen and oxygen atoms in total. The number of methoxy groups -OCH3 is 2. The number of benzene rings is 1. The first kappa shape index (κ1) is 19.1. The van der Waals surface area contributed by atoms with Crippen molar-refractivity contribution in [2.45, 2.75) is 19.9 Å². The van der Waals surface area contributed by atoms with E-state index in [1.807, 2.05) is 24.5 Å². The Kier molecular flexibility index (Phi) is 6.43. The summed E-state index contributed by atoms with van der Waals surface area (Å²) in [6.07, 6.45) is 4.57. The minimum absolute atomic E-state index is 0.0972.